The van der Waals surface area contributed by atoms with E-state index in [-0.39, 0.29) is 10.6 Å². The van der Waals surface area contributed by atoms with E-state index >= 15 is 0 Å². The van der Waals surface area contributed by atoms with Gasteiger partial charge in [-0.05, 0) is 18.6 Å². The number of aromatic nitrogens is 3. The summed E-state index contributed by atoms with van der Waals surface area (Å²) >= 11 is 0. The highest BCUT2D eigenvalue weighted by atomic mass is 32.2. The first kappa shape index (κ1) is 14.2. The molecule has 1 atom stereocenters. The number of imidazole rings is 1. The third-order valence-electron chi connectivity index (χ3n) is 2.72. The lowest BCUT2D eigenvalue weighted by Crippen LogP contribution is -2.29. The van der Waals surface area contributed by atoms with E-state index < -0.39 is 16.1 Å². The molecule has 20 heavy (non-hydrogen) atoms. The number of H-pyrrole nitrogens is 1. The predicted molar refractivity (Wildman–Crippen MR) is 70.9 cm³/mol. The van der Waals surface area contributed by atoms with E-state index in [0.717, 1.165) is 0 Å². The molecule has 7 nitrogen and oxygen atoms in total. The van der Waals surface area contributed by atoms with Crippen molar-refractivity contribution in [2.75, 3.05) is 0 Å². The van der Waals surface area contributed by atoms with Crippen LogP contribution in [0.25, 0.3) is 0 Å². The van der Waals surface area contributed by atoms with Gasteiger partial charge in [0.15, 0.2) is 5.69 Å². The Kier molecular flexibility index (Phi) is 4.12. The Morgan fingerprint density at radius 1 is 1.45 bits per heavy atom. The summed E-state index contributed by atoms with van der Waals surface area (Å²) in [4.78, 5) is 10.5. The maximum atomic E-state index is 12.3. The van der Waals surface area contributed by atoms with Crippen LogP contribution < -0.4 is 4.72 Å². The minimum absolute atomic E-state index is 0.130. The van der Waals surface area contributed by atoms with E-state index in [0.29, 0.717) is 12.2 Å². The topological polar surface area (TPSA) is 112 Å². The van der Waals surface area contributed by atoms with E-state index in [1.165, 1.54) is 18.3 Å². The van der Waals surface area contributed by atoms with Crippen molar-refractivity contribution in [2.45, 2.75) is 24.3 Å². The van der Waals surface area contributed by atoms with Gasteiger partial charge in [-0.15, -0.1) is 0 Å². The van der Waals surface area contributed by atoms with Crippen molar-refractivity contribution in [1.29, 1.82) is 5.26 Å². The molecule has 2 heterocycles. The van der Waals surface area contributed by atoms with Gasteiger partial charge in [-0.2, -0.15) is 5.26 Å². The van der Waals surface area contributed by atoms with Gasteiger partial charge in [0, 0.05) is 18.6 Å². The third kappa shape index (κ3) is 2.84. The molecule has 0 bridgehead atoms. The number of hydrogen-bond acceptors (Lipinski definition) is 5. The van der Waals surface area contributed by atoms with Crippen LogP contribution in [0.2, 0.25) is 0 Å². The monoisotopic (exact) mass is 291 g/mol. The molecule has 0 saturated carbocycles. The van der Waals surface area contributed by atoms with Crippen LogP contribution in [-0.2, 0) is 10.0 Å². The zero-order chi connectivity index (χ0) is 14.6. The molecule has 1 unspecified atom stereocenters. The van der Waals surface area contributed by atoms with E-state index in [9.17, 15) is 8.42 Å². The van der Waals surface area contributed by atoms with Gasteiger partial charge in [0.05, 0.1) is 6.04 Å². The van der Waals surface area contributed by atoms with Gasteiger partial charge in [-0.3, -0.25) is 0 Å². The molecule has 0 spiro atoms. The molecule has 8 heteroatoms. The summed E-state index contributed by atoms with van der Waals surface area (Å²) in [6.45, 7) is 1.84. The van der Waals surface area contributed by atoms with Crippen molar-refractivity contribution in [3.8, 4) is 6.07 Å². The summed E-state index contributed by atoms with van der Waals surface area (Å²) < 4.78 is 27.2. The quantitative estimate of drug-likeness (QED) is 0.857. The molecule has 0 saturated heterocycles. The van der Waals surface area contributed by atoms with Crippen LogP contribution in [-0.4, -0.2) is 23.4 Å². The van der Waals surface area contributed by atoms with Crippen LogP contribution in [0.5, 0.6) is 0 Å². The Labute approximate surface area is 116 Å². The Balaban J connectivity index is 2.34. The molecule has 0 aliphatic carbocycles. The lowest BCUT2D eigenvalue weighted by atomic mass is 10.2. The van der Waals surface area contributed by atoms with Crippen LogP contribution in [0.3, 0.4) is 0 Å². The summed E-state index contributed by atoms with van der Waals surface area (Å²) in [7, 11) is -3.84. The van der Waals surface area contributed by atoms with Crippen LogP contribution in [0.15, 0.2) is 35.6 Å². The highest BCUT2D eigenvalue weighted by Gasteiger charge is 2.24. The molecular weight excluding hydrogens is 278 g/mol. The molecule has 2 rings (SSSR count). The van der Waals surface area contributed by atoms with Crippen molar-refractivity contribution in [1.82, 2.24) is 19.7 Å². The molecule has 0 aliphatic rings. The maximum Gasteiger partial charge on any atom is 0.244 e. The van der Waals surface area contributed by atoms with Gasteiger partial charge in [0.25, 0.3) is 0 Å². The number of sulfonamides is 1. The zero-order valence-electron chi connectivity index (χ0n) is 10.7. The van der Waals surface area contributed by atoms with E-state index in [1.807, 2.05) is 6.92 Å². The van der Waals surface area contributed by atoms with Crippen molar-refractivity contribution in [3.63, 3.8) is 0 Å². The molecule has 0 radical (unpaired) electrons. The lowest BCUT2D eigenvalue weighted by molar-refractivity contribution is 0.539. The van der Waals surface area contributed by atoms with Gasteiger partial charge >= 0.3 is 0 Å². The average Bonchev–Trinajstić information content (AvgIpc) is 2.98. The van der Waals surface area contributed by atoms with Crippen LogP contribution in [0.4, 0.5) is 0 Å². The second kappa shape index (κ2) is 5.81. The van der Waals surface area contributed by atoms with Crippen LogP contribution >= 0.6 is 0 Å². The number of rotatable bonds is 5. The molecule has 0 amide bonds. The Morgan fingerprint density at radius 2 is 2.25 bits per heavy atom. The first-order valence-corrected chi connectivity index (χ1v) is 7.43. The Morgan fingerprint density at radius 3 is 2.85 bits per heavy atom. The van der Waals surface area contributed by atoms with E-state index in [4.69, 9.17) is 5.26 Å². The Bertz CT molecular complexity index is 719. The minimum atomic E-state index is -3.84. The van der Waals surface area contributed by atoms with Gasteiger partial charge in [-0.25, -0.2) is 23.1 Å². The van der Waals surface area contributed by atoms with E-state index in [1.54, 1.807) is 18.5 Å². The first-order chi connectivity index (χ1) is 9.58. The molecule has 2 aromatic rings. The summed E-state index contributed by atoms with van der Waals surface area (Å²) in [5, 5.41) is 8.93. The van der Waals surface area contributed by atoms with Crippen molar-refractivity contribution in [2.24, 2.45) is 0 Å². The molecule has 2 aromatic heterocycles. The summed E-state index contributed by atoms with van der Waals surface area (Å²) in [5.41, 5.74) is -0.130. The Hall–Kier alpha value is -2.24. The number of nitrogens with one attached hydrogen (secondary N) is 2. The molecule has 104 valence electrons. The van der Waals surface area contributed by atoms with Gasteiger partial charge < -0.3 is 4.98 Å². The summed E-state index contributed by atoms with van der Waals surface area (Å²) in [6, 6.07) is 4.11. The number of pyridine rings is 1. The SMILES string of the molecule is CCC(NS(=O)(=O)c1cccnc1C#N)c1ncc[nH]1. The average molecular weight is 291 g/mol. The summed E-state index contributed by atoms with van der Waals surface area (Å²) in [6.07, 6.45) is 5.07. The predicted octanol–water partition coefficient (Wildman–Crippen LogP) is 1.11. The number of nitrogens with zero attached hydrogens (tertiary/aromatic N) is 3. The maximum absolute atomic E-state index is 12.3. The van der Waals surface area contributed by atoms with Crippen molar-refractivity contribution in [3.05, 3.63) is 42.2 Å². The summed E-state index contributed by atoms with van der Waals surface area (Å²) in [5.74, 6) is 0.526. The largest absolute Gasteiger partial charge is 0.347 e. The number of aromatic amines is 1. The normalized spacial score (nSPS) is 12.8. The van der Waals surface area contributed by atoms with Crippen LogP contribution in [0.1, 0.15) is 30.9 Å². The first-order valence-electron chi connectivity index (χ1n) is 5.95. The molecule has 0 fully saturated rings. The van der Waals surface area contributed by atoms with Crippen LogP contribution in [0, 0.1) is 11.3 Å². The number of nitriles is 1. The van der Waals surface area contributed by atoms with Crippen molar-refractivity contribution < 1.29 is 8.42 Å². The fraction of sp³-hybridized carbons (Fsp3) is 0.250. The second-order valence-corrected chi connectivity index (χ2v) is 5.70. The molecule has 0 aromatic carbocycles. The third-order valence-corrected chi connectivity index (χ3v) is 4.22. The molecule has 0 aliphatic heterocycles. The van der Waals surface area contributed by atoms with E-state index in [2.05, 4.69) is 19.7 Å². The lowest BCUT2D eigenvalue weighted by Gasteiger charge is -2.15. The highest BCUT2D eigenvalue weighted by Crippen LogP contribution is 2.18. The fourth-order valence-corrected chi connectivity index (χ4v) is 3.13. The van der Waals surface area contributed by atoms with Gasteiger partial charge in [0.2, 0.25) is 10.0 Å². The second-order valence-electron chi connectivity index (χ2n) is 4.02. The zero-order valence-corrected chi connectivity index (χ0v) is 11.6. The smallest absolute Gasteiger partial charge is 0.244 e. The fourth-order valence-electron chi connectivity index (χ4n) is 1.74. The van der Waals surface area contributed by atoms with Crippen molar-refractivity contribution >= 4 is 10.0 Å². The highest BCUT2D eigenvalue weighted by molar-refractivity contribution is 7.89. The molecule has 2 N–H and O–H groups in total. The van der Waals surface area contributed by atoms with Gasteiger partial charge in [0.1, 0.15) is 16.8 Å². The standard InChI is InChI=1S/C12H13N5O2S/c1-2-9(12-15-6-7-16-12)17-20(18,19)11-4-3-5-14-10(11)8-13/h3-7,9,17H,2H2,1H3,(H,15,16). The number of hydrogen-bond donors (Lipinski definition) is 2. The van der Waals surface area contributed by atoms with Gasteiger partial charge in [-0.1, -0.05) is 6.92 Å². The minimum Gasteiger partial charge on any atom is -0.347 e. The molecular formula is C12H13N5O2S.